The summed E-state index contributed by atoms with van der Waals surface area (Å²) in [6, 6.07) is 9.90. The highest BCUT2D eigenvalue weighted by Crippen LogP contribution is 2.26. The lowest BCUT2D eigenvalue weighted by Crippen LogP contribution is -2.04. The molecule has 5 nitrogen and oxygen atoms in total. The van der Waals surface area contributed by atoms with Gasteiger partial charge in [-0.3, -0.25) is 0 Å². The van der Waals surface area contributed by atoms with Crippen LogP contribution in [0.15, 0.2) is 55.2 Å². The molecule has 3 aromatic heterocycles. The lowest BCUT2D eigenvalue weighted by Gasteiger charge is -2.06. The second kappa shape index (κ2) is 5.48. The third-order valence-electron chi connectivity index (χ3n) is 3.58. The van der Waals surface area contributed by atoms with E-state index in [-0.39, 0.29) is 5.82 Å². The number of benzene rings is 1. The second-order valence-corrected chi connectivity index (χ2v) is 5.52. The molecular formula is C16H11ClFN5. The average Bonchev–Trinajstić information content (AvgIpc) is 3.17. The Morgan fingerprint density at radius 3 is 2.65 bits per heavy atom. The topological polar surface area (TPSA) is 48.0 Å². The van der Waals surface area contributed by atoms with Crippen molar-refractivity contribution in [3.63, 3.8) is 0 Å². The molecule has 0 atom stereocenters. The Hall–Kier alpha value is -2.73. The Labute approximate surface area is 136 Å². The van der Waals surface area contributed by atoms with Crippen LogP contribution in [-0.4, -0.2) is 24.1 Å². The Balaban J connectivity index is 1.93. The zero-order valence-electron chi connectivity index (χ0n) is 11.9. The Morgan fingerprint density at radius 1 is 1.09 bits per heavy atom. The molecule has 0 unspecified atom stereocenters. The van der Waals surface area contributed by atoms with E-state index in [1.165, 1.54) is 18.5 Å². The molecule has 0 aliphatic carbocycles. The van der Waals surface area contributed by atoms with Crippen molar-refractivity contribution in [3.8, 4) is 11.3 Å². The maximum Gasteiger partial charge on any atom is 0.137 e. The van der Waals surface area contributed by atoms with E-state index in [2.05, 4.69) is 15.1 Å². The van der Waals surface area contributed by atoms with Crippen molar-refractivity contribution < 1.29 is 4.39 Å². The SMILES string of the molecule is Fc1ccc(-c2nc3ccc(Cl)cn3c2Cn2cncn2)cc1. The average molecular weight is 328 g/mol. The number of nitrogens with zero attached hydrogens (tertiary/aromatic N) is 5. The molecular weight excluding hydrogens is 317 g/mol. The van der Waals surface area contributed by atoms with Crippen molar-refractivity contribution in [3.05, 3.63) is 71.8 Å². The van der Waals surface area contributed by atoms with Gasteiger partial charge in [0.1, 0.15) is 24.1 Å². The van der Waals surface area contributed by atoms with Crippen LogP contribution in [0.2, 0.25) is 5.02 Å². The first-order valence-corrected chi connectivity index (χ1v) is 7.33. The summed E-state index contributed by atoms with van der Waals surface area (Å²) < 4.78 is 16.8. The van der Waals surface area contributed by atoms with E-state index in [9.17, 15) is 4.39 Å². The van der Waals surface area contributed by atoms with Crippen LogP contribution in [0.4, 0.5) is 4.39 Å². The molecule has 4 rings (SSSR count). The van der Waals surface area contributed by atoms with Gasteiger partial charge in [-0.05, 0) is 36.4 Å². The second-order valence-electron chi connectivity index (χ2n) is 5.08. The third kappa shape index (κ3) is 2.57. The van der Waals surface area contributed by atoms with E-state index in [1.54, 1.807) is 29.2 Å². The lowest BCUT2D eigenvalue weighted by molar-refractivity contribution is 0.628. The number of halogens is 2. The van der Waals surface area contributed by atoms with Gasteiger partial charge in [-0.25, -0.2) is 19.0 Å². The van der Waals surface area contributed by atoms with Crippen LogP contribution in [0.5, 0.6) is 0 Å². The molecule has 0 bridgehead atoms. The maximum absolute atomic E-state index is 13.2. The molecule has 7 heteroatoms. The highest BCUT2D eigenvalue weighted by Gasteiger charge is 2.15. The van der Waals surface area contributed by atoms with Crippen molar-refractivity contribution in [2.24, 2.45) is 0 Å². The number of fused-ring (bicyclic) bond motifs is 1. The summed E-state index contributed by atoms with van der Waals surface area (Å²) in [4.78, 5) is 8.62. The lowest BCUT2D eigenvalue weighted by atomic mass is 10.1. The number of hydrogen-bond acceptors (Lipinski definition) is 3. The minimum atomic E-state index is -0.279. The first kappa shape index (κ1) is 13.9. The van der Waals surface area contributed by atoms with Gasteiger partial charge >= 0.3 is 0 Å². The molecule has 23 heavy (non-hydrogen) atoms. The van der Waals surface area contributed by atoms with Gasteiger partial charge < -0.3 is 4.40 Å². The molecule has 0 radical (unpaired) electrons. The molecule has 114 valence electrons. The molecule has 3 heterocycles. The first-order chi connectivity index (χ1) is 11.2. The summed E-state index contributed by atoms with van der Waals surface area (Å²) in [6.07, 6.45) is 4.93. The van der Waals surface area contributed by atoms with Crippen molar-refractivity contribution in [2.45, 2.75) is 6.54 Å². The van der Waals surface area contributed by atoms with Crippen LogP contribution >= 0.6 is 11.6 Å². The van der Waals surface area contributed by atoms with Gasteiger partial charge in [-0.15, -0.1) is 0 Å². The standard InChI is InChI=1S/C16H11ClFN5/c17-12-3-6-15-21-16(11-1-4-13(18)5-2-11)14(23(15)7-12)8-22-10-19-9-20-22/h1-7,9-10H,8H2. The van der Waals surface area contributed by atoms with Crippen molar-refractivity contribution in [1.82, 2.24) is 24.1 Å². The van der Waals surface area contributed by atoms with Gasteiger partial charge in [0, 0.05) is 11.8 Å². The van der Waals surface area contributed by atoms with Crippen LogP contribution in [0.3, 0.4) is 0 Å². The minimum absolute atomic E-state index is 0.279. The van der Waals surface area contributed by atoms with Gasteiger partial charge in [0.15, 0.2) is 0 Å². The summed E-state index contributed by atoms with van der Waals surface area (Å²) >= 11 is 6.12. The summed E-state index contributed by atoms with van der Waals surface area (Å²) in [5.41, 5.74) is 3.27. The number of rotatable bonds is 3. The fourth-order valence-electron chi connectivity index (χ4n) is 2.53. The molecule has 0 amide bonds. The van der Waals surface area contributed by atoms with Crippen LogP contribution in [-0.2, 0) is 6.54 Å². The van der Waals surface area contributed by atoms with Crippen LogP contribution in [0.1, 0.15) is 5.69 Å². The van der Waals surface area contributed by atoms with E-state index in [0.29, 0.717) is 11.6 Å². The first-order valence-electron chi connectivity index (χ1n) is 6.95. The number of aromatic nitrogens is 5. The van der Waals surface area contributed by atoms with Crippen LogP contribution < -0.4 is 0 Å². The van der Waals surface area contributed by atoms with E-state index >= 15 is 0 Å². The maximum atomic E-state index is 13.2. The third-order valence-corrected chi connectivity index (χ3v) is 3.80. The highest BCUT2D eigenvalue weighted by molar-refractivity contribution is 6.30. The smallest absolute Gasteiger partial charge is 0.137 e. The minimum Gasteiger partial charge on any atom is -0.300 e. The summed E-state index contributed by atoms with van der Waals surface area (Å²) in [6.45, 7) is 0.480. The summed E-state index contributed by atoms with van der Waals surface area (Å²) in [5.74, 6) is -0.279. The Morgan fingerprint density at radius 2 is 1.91 bits per heavy atom. The van der Waals surface area contributed by atoms with Crippen LogP contribution in [0.25, 0.3) is 16.9 Å². The normalized spacial score (nSPS) is 11.2. The van der Waals surface area contributed by atoms with Crippen molar-refractivity contribution >= 4 is 17.2 Å². The van der Waals surface area contributed by atoms with Gasteiger partial charge in [-0.1, -0.05) is 11.6 Å². The predicted octanol–water partition coefficient (Wildman–Crippen LogP) is 3.43. The number of hydrogen-bond donors (Lipinski definition) is 0. The molecule has 0 saturated heterocycles. The monoisotopic (exact) mass is 327 g/mol. The molecule has 4 aromatic rings. The van der Waals surface area contributed by atoms with E-state index < -0.39 is 0 Å². The zero-order chi connectivity index (χ0) is 15.8. The number of pyridine rings is 1. The van der Waals surface area contributed by atoms with Crippen molar-refractivity contribution in [1.29, 1.82) is 0 Å². The molecule has 0 fully saturated rings. The van der Waals surface area contributed by atoms with Gasteiger partial charge in [0.05, 0.1) is 23.0 Å². The fraction of sp³-hybridized carbons (Fsp3) is 0.0625. The molecule has 0 N–H and O–H groups in total. The Kier molecular flexibility index (Phi) is 3.31. The Bertz CT molecular complexity index is 960. The molecule has 0 saturated carbocycles. The predicted molar refractivity (Wildman–Crippen MR) is 84.7 cm³/mol. The molecule has 0 aliphatic rings. The largest absolute Gasteiger partial charge is 0.300 e. The van der Waals surface area contributed by atoms with E-state index in [1.807, 2.05) is 16.7 Å². The fourth-order valence-corrected chi connectivity index (χ4v) is 2.69. The summed E-state index contributed by atoms with van der Waals surface area (Å²) in [5, 5.41) is 4.75. The quantitative estimate of drug-likeness (QED) is 0.579. The zero-order valence-corrected chi connectivity index (χ0v) is 12.7. The van der Waals surface area contributed by atoms with Gasteiger partial charge in [0.2, 0.25) is 0 Å². The van der Waals surface area contributed by atoms with Gasteiger partial charge in [0.25, 0.3) is 0 Å². The highest BCUT2D eigenvalue weighted by atomic mass is 35.5. The van der Waals surface area contributed by atoms with E-state index in [4.69, 9.17) is 11.6 Å². The van der Waals surface area contributed by atoms with Crippen LogP contribution in [0, 0.1) is 5.82 Å². The van der Waals surface area contributed by atoms with E-state index in [0.717, 1.165) is 22.6 Å². The van der Waals surface area contributed by atoms with Crippen molar-refractivity contribution in [2.75, 3.05) is 0 Å². The number of imidazole rings is 1. The molecule has 0 aliphatic heterocycles. The summed E-state index contributed by atoms with van der Waals surface area (Å²) in [7, 11) is 0. The molecule has 1 aromatic carbocycles. The van der Waals surface area contributed by atoms with Gasteiger partial charge in [-0.2, -0.15) is 5.10 Å². The molecule has 0 spiro atoms.